The Hall–Kier alpha value is -1.94. The van der Waals surface area contributed by atoms with E-state index in [1.165, 1.54) is 0 Å². The Morgan fingerprint density at radius 1 is 1.10 bits per heavy atom. The lowest BCUT2D eigenvalue weighted by Gasteiger charge is -2.34. The molecule has 1 aliphatic heterocycles. The van der Waals surface area contributed by atoms with Crippen molar-refractivity contribution in [3.05, 3.63) is 11.9 Å². The summed E-state index contributed by atoms with van der Waals surface area (Å²) in [6.07, 6.45) is 6.34. The predicted octanol–water partition coefficient (Wildman–Crippen LogP) is 2.70. The molecular formula is C20H39N7O2S. The van der Waals surface area contributed by atoms with Gasteiger partial charge < -0.3 is 15.1 Å². The predicted molar refractivity (Wildman–Crippen MR) is 124 cm³/mol. The van der Waals surface area contributed by atoms with Crippen molar-refractivity contribution in [1.29, 1.82) is 0 Å². The number of nitrogens with zero attached hydrogens (tertiary/aromatic N) is 4. The maximum Gasteiger partial charge on any atom is 0.317 e. The Morgan fingerprint density at radius 2 is 1.73 bits per heavy atom. The van der Waals surface area contributed by atoms with E-state index in [-0.39, 0.29) is 17.7 Å². The zero-order chi connectivity index (χ0) is 22.4. The van der Waals surface area contributed by atoms with Crippen molar-refractivity contribution in [1.82, 2.24) is 31.2 Å². The highest BCUT2D eigenvalue weighted by atomic mass is 32.2. The van der Waals surface area contributed by atoms with Gasteiger partial charge in [-0.1, -0.05) is 33.6 Å². The van der Waals surface area contributed by atoms with Crippen LogP contribution in [0.15, 0.2) is 17.0 Å². The van der Waals surface area contributed by atoms with E-state index in [1.807, 2.05) is 26.8 Å². The third-order valence-corrected chi connectivity index (χ3v) is 5.32. The summed E-state index contributed by atoms with van der Waals surface area (Å²) in [6, 6.07) is -0.225. The highest BCUT2D eigenvalue weighted by Crippen LogP contribution is 2.16. The van der Waals surface area contributed by atoms with Crippen molar-refractivity contribution in [3.63, 3.8) is 0 Å². The molecule has 0 radical (unpaired) electrons. The van der Waals surface area contributed by atoms with Crippen LogP contribution in [0.3, 0.4) is 0 Å². The van der Waals surface area contributed by atoms with Crippen LogP contribution >= 0.6 is 11.8 Å². The summed E-state index contributed by atoms with van der Waals surface area (Å²) in [5.74, 6) is 0.926. The smallest absolute Gasteiger partial charge is 0.317 e. The van der Waals surface area contributed by atoms with E-state index in [4.69, 9.17) is 0 Å². The average molecular weight is 442 g/mol. The van der Waals surface area contributed by atoms with Gasteiger partial charge in [0.15, 0.2) is 0 Å². The first-order chi connectivity index (χ1) is 14.5. The van der Waals surface area contributed by atoms with Crippen LogP contribution in [0, 0.1) is 0 Å². The van der Waals surface area contributed by atoms with Crippen LogP contribution in [0.5, 0.6) is 0 Å². The fourth-order valence-corrected chi connectivity index (χ4v) is 3.49. The third-order valence-electron chi connectivity index (χ3n) is 4.54. The topological polar surface area (TPSA) is 92.3 Å². The molecule has 0 fully saturated rings. The van der Waals surface area contributed by atoms with Crippen molar-refractivity contribution in [3.8, 4) is 0 Å². The quantitative estimate of drug-likeness (QED) is 0.405. The number of urea groups is 1. The second-order valence-electron chi connectivity index (χ2n) is 6.90. The molecule has 0 saturated heterocycles. The molecule has 0 spiro atoms. The maximum atomic E-state index is 12.4. The van der Waals surface area contributed by atoms with Gasteiger partial charge >= 0.3 is 6.03 Å². The molecule has 9 nitrogen and oxygen atoms in total. The Labute approximate surface area is 185 Å². The standard InChI is InChI=1S/C20H39N7O2S/c1-6-11-13-26(14-12-7-2)17-15-18(24-27(23-17)22-8-3)30-19(28)16-21-20(29)25(9-4)10-5/h15,22-23H,6-14,16H2,1-5H3,(H,21,29). The Kier molecular flexibility index (Phi) is 13.0. The molecule has 10 heteroatoms. The fraction of sp³-hybridized carbons (Fsp3) is 0.750. The number of carbonyl (C=O) groups excluding carboxylic acids is 2. The molecule has 3 N–H and O–H groups in total. The number of hydrogen-bond donors (Lipinski definition) is 3. The fourth-order valence-electron chi connectivity index (χ4n) is 2.82. The Bertz CT molecular complexity index is 586. The summed E-state index contributed by atoms with van der Waals surface area (Å²) in [6.45, 7) is 13.9. The molecule has 1 heterocycles. The highest BCUT2D eigenvalue weighted by molar-refractivity contribution is 8.26. The lowest BCUT2D eigenvalue weighted by Crippen LogP contribution is -2.50. The summed E-state index contributed by atoms with van der Waals surface area (Å²) >= 11 is 1.04. The number of amides is 2. The van der Waals surface area contributed by atoms with Crippen LogP contribution in [-0.2, 0) is 4.79 Å². The van der Waals surface area contributed by atoms with Gasteiger partial charge in [0.1, 0.15) is 10.9 Å². The second kappa shape index (κ2) is 15.0. The SMILES string of the molecule is CCCCN(CCCC)C1=CC(SC(=O)CNC(=O)N(CC)CC)=NN(NCC)N1. The van der Waals surface area contributed by atoms with Gasteiger partial charge in [0.05, 0.1) is 6.54 Å². The van der Waals surface area contributed by atoms with Gasteiger partial charge in [0, 0.05) is 38.8 Å². The van der Waals surface area contributed by atoms with E-state index in [2.05, 4.69) is 40.0 Å². The number of hydrazine groups is 2. The number of unbranched alkanes of at least 4 members (excludes halogenated alkanes) is 2. The normalized spacial score (nSPS) is 13.3. The van der Waals surface area contributed by atoms with Crippen LogP contribution < -0.4 is 16.2 Å². The second-order valence-corrected chi connectivity index (χ2v) is 7.98. The molecule has 1 rings (SSSR count). The molecule has 0 saturated carbocycles. The number of rotatable bonds is 13. The minimum absolute atomic E-state index is 0.0355. The van der Waals surface area contributed by atoms with Crippen LogP contribution in [0.2, 0.25) is 0 Å². The molecule has 0 aromatic carbocycles. The Balaban J connectivity index is 2.82. The Morgan fingerprint density at radius 3 is 2.27 bits per heavy atom. The summed E-state index contributed by atoms with van der Waals surface area (Å²) in [5, 5.41) is 9.12. The van der Waals surface area contributed by atoms with Crippen LogP contribution in [-0.4, -0.2) is 70.5 Å². The molecule has 1 aliphatic rings. The summed E-state index contributed by atoms with van der Waals surface area (Å²) in [5.41, 5.74) is 6.41. The van der Waals surface area contributed by atoms with Gasteiger partial charge in [0.2, 0.25) is 5.12 Å². The molecule has 0 aromatic rings. The van der Waals surface area contributed by atoms with Crippen molar-refractivity contribution < 1.29 is 9.59 Å². The third kappa shape index (κ3) is 9.25. The molecule has 172 valence electrons. The van der Waals surface area contributed by atoms with Gasteiger partial charge in [-0.3, -0.25) is 10.2 Å². The van der Waals surface area contributed by atoms with Gasteiger partial charge in [-0.25, -0.2) is 4.79 Å². The number of nitrogens with one attached hydrogen (secondary N) is 3. The first-order valence-corrected chi connectivity index (χ1v) is 11.9. The number of carbonyl (C=O) groups is 2. The maximum absolute atomic E-state index is 12.4. The number of thioether (sulfide) groups is 1. The molecule has 30 heavy (non-hydrogen) atoms. The van der Waals surface area contributed by atoms with E-state index < -0.39 is 0 Å². The lowest BCUT2D eigenvalue weighted by atomic mass is 10.2. The lowest BCUT2D eigenvalue weighted by molar-refractivity contribution is -0.110. The van der Waals surface area contributed by atoms with Gasteiger partial charge in [-0.05, 0) is 38.5 Å². The first kappa shape index (κ1) is 26.1. The minimum Gasteiger partial charge on any atom is -0.357 e. The number of hydrazone groups is 1. The van der Waals surface area contributed by atoms with Gasteiger partial charge in [0.25, 0.3) is 0 Å². The van der Waals surface area contributed by atoms with Crippen molar-refractivity contribution >= 4 is 28.0 Å². The van der Waals surface area contributed by atoms with Crippen molar-refractivity contribution in [2.24, 2.45) is 5.10 Å². The number of hydrogen-bond acceptors (Lipinski definition) is 8. The van der Waals surface area contributed by atoms with E-state index in [1.54, 1.807) is 10.1 Å². The molecule has 0 aromatic heterocycles. The zero-order valence-electron chi connectivity index (χ0n) is 19.2. The molecule has 0 bridgehead atoms. The minimum atomic E-state index is -0.225. The summed E-state index contributed by atoms with van der Waals surface area (Å²) < 4.78 is 0. The van der Waals surface area contributed by atoms with Crippen molar-refractivity contribution in [2.75, 3.05) is 39.3 Å². The van der Waals surface area contributed by atoms with E-state index >= 15 is 0 Å². The molecule has 0 aliphatic carbocycles. The zero-order valence-corrected chi connectivity index (χ0v) is 20.0. The van der Waals surface area contributed by atoms with Crippen LogP contribution in [0.25, 0.3) is 0 Å². The molecule has 0 atom stereocenters. The van der Waals surface area contributed by atoms with Crippen LogP contribution in [0.1, 0.15) is 60.3 Å². The first-order valence-electron chi connectivity index (χ1n) is 11.1. The summed E-state index contributed by atoms with van der Waals surface area (Å²) in [4.78, 5) is 28.5. The average Bonchev–Trinajstić information content (AvgIpc) is 2.73. The van der Waals surface area contributed by atoms with Gasteiger partial charge in [-0.2, -0.15) is 5.43 Å². The largest absolute Gasteiger partial charge is 0.357 e. The molecule has 2 amide bonds. The van der Waals surface area contributed by atoms with Crippen LogP contribution in [0.4, 0.5) is 4.79 Å². The molecular weight excluding hydrogens is 402 g/mol. The van der Waals surface area contributed by atoms with E-state index in [9.17, 15) is 9.59 Å². The molecule has 0 unspecified atom stereocenters. The summed E-state index contributed by atoms with van der Waals surface area (Å²) in [7, 11) is 0. The monoisotopic (exact) mass is 441 g/mol. The van der Waals surface area contributed by atoms with E-state index in [0.717, 1.165) is 56.4 Å². The van der Waals surface area contributed by atoms with Crippen molar-refractivity contribution in [2.45, 2.75) is 60.3 Å². The van der Waals surface area contributed by atoms with Gasteiger partial charge in [-0.15, -0.1) is 10.3 Å². The van der Waals surface area contributed by atoms with E-state index in [0.29, 0.717) is 24.7 Å². The highest BCUT2D eigenvalue weighted by Gasteiger charge is 2.20.